The van der Waals surface area contributed by atoms with Crippen LogP contribution < -0.4 is 5.32 Å². The first-order valence-electron chi connectivity index (χ1n) is 7.01. The van der Waals surface area contributed by atoms with Gasteiger partial charge in [0.2, 0.25) is 11.9 Å². The number of amides is 1. The molecule has 1 aromatic carbocycles. The molecule has 1 unspecified atom stereocenters. The molecule has 7 heteroatoms. The highest BCUT2D eigenvalue weighted by molar-refractivity contribution is 5.94. The van der Waals surface area contributed by atoms with Gasteiger partial charge in [0.15, 0.2) is 5.82 Å². The Morgan fingerprint density at radius 1 is 1.41 bits per heavy atom. The van der Waals surface area contributed by atoms with Crippen LogP contribution in [-0.4, -0.2) is 33.8 Å². The van der Waals surface area contributed by atoms with Crippen LogP contribution in [0.4, 0.5) is 5.95 Å². The van der Waals surface area contributed by atoms with Crippen molar-refractivity contribution in [2.24, 2.45) is 5.92 Å². The summed E-state index contributed by atoms with van der Waals surface area (Å²) in [5.74, 6) is -0.0479. The lowest BCUT2D eigenvalue weighted by Gasteiger charge is -2.20. The van der Waals surface area contributed by atoms with Gasteiger partial charge < -0.3 is 4.74 Å². The third kappa shape index (κ3) is 2.98. The summed E-state index contributed by atoms with van der Waals surface area (Å²) in [6.07, 6.45) is 0.633. The fourth-order valence-corrected chi connectivity index (χ4v) is 2.41. The van der Waals surface area contributed by atoms with Crippen LogP contribution in [0.25, 0.3) is 0 Å². The Kier molecular flexibility index (Phi) is 3.86. The van der Waals surface area contributed by atoms with Crippen molar-refractivity contribution < 1.29 is 14.3 Å². The number of fused-ring (bicyclic) bond motifs is 1. The molecule has 2 heterocycles. The summed E-state index contributed by atoms with van der Waals surface area (Å²) in [7, 11) is 1.31. The molecule has 0 radical (unpaired) electrons. The summed E-state index contributed by atoms with van der Waals surface area (Å²) < 4.78 is 6.24. The minimum Gasteiger partial charge on any atom is -0.469 e. The summed E-state index contributed by atoms with van der Waals surface area (Å²) in [5.41, 5.74) is 1.10. The number of hydrogen-bond acceptors (Lipinski definition) is 5. The first-order valence-corrected chi connectivity index (χ1v) is 7.01. The normalized spacial score (nSPS) is 16.8. The highest BCUT2D eigenvalue weighted by Gasteiger charge is 2.30. The highest BCUT2D eigenvalue weighted by Crippen LogP contribution is 2.20. The van der Waals surface area contributed by atoms with Gasteiger partial charge in [0.05, 0.1) is 26.0 Å². The third-order valence-electron chi connectivity index (χ3n) is 3.56. The van der Waals surface area contributed by atoms with Crippen molar-refractivity contribution in [1.29, 1.82) is 0 Å². The van der Waals surface area contributed by atoms with E-state index in [-0.39, 0.29) is 12.3 Å². The summed E-state index contributed by atoms with van der Waals surface area (Å²) in [6.45, 7) is 0.331. The van der Waals surface area contributed by atoms with E-state index in [2.05, 4.69) is 20.1 Å². The van der Waals surface area contributed by atoms with Gasteiger partial charge in [-0.05, 0) is 5.56 Å². The third-order valence-corrected chi connectivity index (χ3v) is 3.56. The fraction of sp³-hybridized carbons (Fsp3) is 0.333. The van der Waals surface area contributed by atoms with Gasteiger partial charge in [-0.1, -0.05) is 30.3 Å². The Balaban J connectivity index is 1.75. The zero-order valence-corrected chi connectivity index (χ0v) is 12.2. The molecule has 1 N–H and O–H groups in total. The van der Waals surface area contributed by atoms with Gasteiger partial charge >= 0.3 is 5.97 Å². The lowest BCUT2D eigenvalue weighted by molar-refractivity contribution is -0.143. The number of carbonyl (C=O) groups is 2. The molecular weight excluding hydrogens is 284 g/mol. The molecule has 1 aliphatic heterocycles. The second-order valence-electron chi connectivity index (χ2n) is 5.16. The number of nitrogens with zero attached hydrogens (tertiary/aromatic N) is 3. The standard InChI is InChI=1S/C15H16N4O3/c1-22-13(20)8-11-9-19-15(17-14(11)21)16-12(18-19)7-10-5-3-2-4-6-10/h2-6,11H,7-9H2,1H3,(H,16,17,18,21). The first kappa shape index (κ1) is 14.2. The van der Waals surface area contributed by atoms with E-state index < -0.39 is 11.9 Å². The molecule has 114 valence electrons. The van der Waals surface area contributed by atoms with Gasteiger partial charge in [0, 0.05) is 6.42 Å². The van der Waals surface area contributed by atoms with E-state index in [0.717, 1.165) is 5.56 Å². The molecule has 1 aliphatic rings. The van der Waals surface area contributed by atoms with Crippen molar-refractivity contribution in [3.63, 3.8) is 0 Å². The molecule has 0 fully saturated rings. The van der Waals surface area contributed by atoms with Gasteiger partial charge in [-0.25, -0.2) is 4.68 Å². The van der Waals surface area contributed by atoms with Crippen LogP contribution in [0, 0.1) is 5.92 Å². The SMILES string of the molecule is COC(=O)CC1Cn2nc(Cc3ccccc3)nc2NC1=O. The quantitative estimate of drug-likeness (QED) is 0.851. The number of aromatic nitrogens is 3. The minimum absolute atomic E-state index is 0.0374. The second-order valence-corrected chi connectivity index (χ2v) is 5.16. The molecule has 0 aliphatic carbocycles. The smallest absolute Gasteiger partial charge is 0.306 e. The molecule has 1 amide bonds. The number of carbonyl (C=O) groups excluding carboxylic acids is 2. The van der Waals surface area contributed by atoms with E-state index in [1.165, 1.54) is 7.11 Å². The number of methoxy groups -OCH3 is 1. The number of ether oxygens (including phenoxy) is 1. The number of benzene rings is 1. The molecule has 1 atom stereocenters. The predicted octanol–water partition coefficient (Wildman–Crippen LogP) is 1.00. The van der Waals surface area contributed by atoms with E-state index in [4.69, 9.17) is 0 Å². The van der Waals surface area contributed by atoms with E-state index >= 15 is 0 Å². The van der Waals surface area contributed by atoms with Crippen molar-refractivity contribution in [2.45, 2.75) is 19.4 Å². The maximum atomic E-state index is 12.0. The molecular formula is C15H16N4O3. The van der Waals surface area contributed by atoms with E-state index in [9.17, 15) is 9.59 Å². The van der Waals surface area contributed by atoms with Gasteiger partial charge in [0.25, 0.3) is 0 Å². The van der Waals surface area contributed by atoms with Crippen LogP contribution in [0.3, 0.4) is 0 Å². The molecule has 0 saturated carbocycles. The van der Waals surface area contributed by atoms with E-state index in [1.54, 1.807) is 4.68 Å². The minimum atomic E-state index is -0.480. The molecule has 22 heavy (non-hydrogen) atoms. The van der Waals surface area contributed by atoms with Crippen molar-refractivity contribution in [1.82, 2.24) is 14.8 Å². The summed E-state index contributed by atoms with van der Waals surface area (Å²) >= 11 is 0. The van der Waals surface area contributed by atoms with E-state index in [1.807, 2.05) is 30.3 Å². The lowest BCUT2D eigenvalue weighted by Crippen LogP contribution is -2.35. The summed E-state index contributed by atoms with van der Waals surface area (Å²) in [6, 6.07) is 9.86. The van der Waals surface area contributed by atoms with Crippen molar-refractivity contribution in [2.75, 3.05) is 12.4 Å². The maximum absolute atomic E-state index is 12.0. The van der Waals surface area contributed by atoms with Crippen LogP contribution in [-0.2, 0) is 27.3 Å². The number of hydrogen-bond donors (Lipinski definition) is 1. The Morgan fingerprint density at radius 3 is 2.91 bits per heavy atom. The highest BCUT2D eigenvalue weighted by atomic mass is 16.5. The average molecular weight is 300 g/mol. The summed E-state index contributed by atoms with van der Waals surface area (Å²) in [4.78, 5) is 27.6. The molecule has 1 aromatic heterocycles. The molecule has 0 spiro atoms. The monoisotopic (exact) mass is 300 g/mol. The maximum Gasteiger partial charge on any atom is 0.306 e. The van der Waals surface area contributed by atoms with Crippen molar-refractivity contribution in [3.05, 3.63) is 41.7 Å². The van der Waals surface area contributed by atoms with Crippen LogP contribution >= 0.6 is 0 Å². The zero-order chi connectivity index (χ0) is 15.5. The Hall–Kier alpha value is -2.70. The number of rotatable bonds is 4. The van der Waals surface area contributed by atoms with Crippen LogP contribution in [0.1, 0.15) is 17.8 Å². The average Bonchev–Trinajstić information content (AvgIpc) is 2.89. The van der Waals surface area contributed by atoms with Gasteiger partial charge in [-0.2, -0.15) is 10.1 Å². The molecule has 0 saturated heterocycles. The number of nitrogens with one attached hydrogen (secondary N) is 1. The fourth-order valence-electron chi connectivity index (χ4n) is 2.41. The Morgan fingerprint density at radius 2 is 2.18 bits per heavy atom. The Bertz CT molecular complexity index is 696. The van der Waals surface area contributed by atoms with Crippen LogP contribution in [0.2, 0.25) is 0 Å². The number of esters is 1. The number of anilines is 1. The van der Waals surface area contributed by atoms with Crippen LogP contribution in [0.15, 0.2) is 30.3 Å². The van der Waals surface area contributed by atoms with Gasteiger partial charge in [-0.15, -0.1) is 0 Å². The first-order chi connectivity index (χ1) is 10.7. The lowest BCUT2D eigenvalue weighted by atomic mass is 10.0. The summed E-state index contributed by atoms with van der Waals surface area (Å²) in [5, 5.41) is 7.09. The second kappa shape index (κ2) is 5.97. The van der Waals surface area contributed by atoms with Crippen LogP contribution in [0.5, 0.6) is 0 Å². The Labute approximate surface area is 127 Å². The van der Waals surface area contributed by atoms with Crippen molar-refractivity contribution in [3.8, 4) is 0 Å². The topological polar surface area (TPSA) is 86.1 Å². The molecule has 2 aromatic rings. The van der Waals surface area contributed by atoms with Gasteiger partial charge in [-0.3, -0.25) is 14.9 Å². The largest absolute Gasteiger partial charge is 0.469 e. The molecule has 0 bridgehead atoms. The predicted molar refractivity (Wildman–Crippen MR) is 78.0 cm³/mol. The van der Waals surface area contributed by atoms with E-state index in [0.29, 0.717) is 24.7 Å². The van der Waals surface area contributed by atoms with Gasteiger partial charge in [0.1, 0.15) is 0 Å². The zero-order valence-electron chi connectivity index (χ0n) is 12.2. The van der Waals surface area contributed by atoms with Crippen molar-refractivity contribution >= 4 is 17.8 Å². The molecule has 7 nitrogen and oxygen atoms in total. The molecule has 3 rings (SSSR count).